The van der Waals surface area contributed by atoms with Gasteiger partial charge in [0, 0.05) is 11.3 Å². The topological polar surface area (TPSA) is 69.4 Å². The molecule has 108 valence electrons. The Bertz CT molecular complexity index is 509. The van der Waals surface area contributed by atoms with Crippen LogP contribution < -0.4 is 10.5 Å². The molecular weight excluding hydrogens is 262 g/mol. The van der Waals surface area contributed by atoms with Crippen LogP contribution in [0, 0.1) is 5.92 Å². The fraction of sp³-hybridized carbons (Fsp3) is 0.571. The first-order valence-corrected chi connectivity index (χ1v) is 8.38. The van der Waals surface area contributed by atoms with Gasteiger partial charge in [0.1, 0.15) is 5.75 Å². The van der Waals surface area contributed by atoms with Gasteiger partial charge in [-0.3, -0.25) is 0 Å². The van der Waals surface area contributed by atoms with Crippen LogP contribution in [0.3, 0.4) is 0 Å². The summed E-state index contributed by atoms with van der Waals surface area (Å²) in [6, 6.07) is 5.12. The van der Waals surface area contributed by atoms with E-state index in [0.29, 0.717) is 35.9 Å². The van der Waals surface area contributed by atoms with Crippen LogP contribution in [0.25, 0.3) is 0 Å². The lowest BCUT2D eigenvalue weighted by atomic mass is 10.2. The molecule has 0 spiro atoms. The number of hydrogen-bond acceptors (Lipinski definition) is 4. The molecule has 1 aromatic rings. The van der Waals surface area contributed by atoms with Crippen molar-refractivity contribution in [2.45, 2.75) is 32.9 Å². The maximum absolute atomic E-state index is 12.1. The van der Waals surface area contributed by atoms with E-state index in [1.165, 1.54) is 0 Å². The lowest BCUT2D eigenvalue weighted by Gasteiger charge is -2.12. The molecule has 0 amide bonds. The second-order valence-electron chi connectivity index (χ2n) is 5.07. The van der Waals surface area contributed by atoms with Gasteiger partial charge in [0.05, 0.1) is 18.1 Å². The second-order valence-corrected chi connectivity index (χ2v) is 7.26. The number of rotatable bonds is 7. The zero-order chi connectivity index (χ0) is 14.5. The van der Waals surface area contributed by atoms with Crippen molar-refractivity contribution in [2.24, 2.45) is 5.92 Å². The van der Waals surface area contributed by atoms with Gasteiger partial charge in [-0.25, -0.2) is 8.42 Å². The number of hydrogen-bond donors (Lipinski definition) is 1. The average molecular weight is 285 g/mol. The zero-order valence-corrected chi connectivity index (χ0v) is 12.7. The first-order valence-electron chi connectivity index (χ1n) is 6.55. The summed E-state index contributed by atoms with van der Waals surface area (Å²) >= 11 is 0. The fourth-order valence-corrected chi connectivity index (χ4v) is 3.41. The normalized spacial score (nSPS) is 11.8. The highest BCUT2D eigenvalue weighted by Gasteiger charge is 2.16. The molecule has 0 radical (unpaired) electrons. The van der Waals surface area contributed by atoms with Gasteiger partial charge in [-0.2, -0.15) is 0 Å². The van der Waals surface area contributed by atoms with Gasteiger partial charge < -0.3 is 10.5 Å². The Hall–Kier alpha value is -1.23. The largest absolute Gasteiger partial charge is 0.494 e. The smallest absolute Gasteiger partial charge is 0.154 e. The Morgan fingerprint density at radius 2 is 2.00 bits per heavy atom. The fourth-order valence-electron chi connectivity index (χ4n) is 1.73. The minimum atomic E-state index is -3.12. The van der Waals surface area contributed by atoms with E-state index in [2.05, 4.69) is 0 Å². The van der Waals surface area contributed by atoms with Crippen molar-refractivity contribution in [3.63, 3.8) is 0 Å². The van der Waals surface area contributed by atoms with Crippen LogP contribution >= 0.6 is 0 Å². The molecule has 4 nitrogen and oxygen atoms in total. The molecule has 0 saturated carbocycles. The quantitative estimate of drug-likeness (QED) is 0.782. The molecule has 0 aliphatic heterocycles. The third-order valence-corrected chi connectivity index (χ3v) is 4.37. The second kappa shape index (κ2) is 6.80. The van der Waals surface area contributed by atoms with Crippen molar-refractivity contribution in [3.8, 4) is 5.75 Å². The predicted octanol–water partition coefficient (Wildman–Crippen LogP) is 2.63. The molecule has 0 unspecified atom stereocenters. The highest BCUT2D eigenvalue weighted by Crippen LogP contribution is 2.24. The SMILES string of the molecule is CCOc1ccc(N)cc1CS(=O)(=O)CCC(C)C. The van der Waals surface area contributed by atoms with Gasteiger partial charge in [0.25, 0.3) is 0 Å². The van der Waals surface area contributed by atoms with Crippen LogP contribution in [-0.2, 0) is 15.6 Å². The van der Waals surface area contributed by atoms with E-state index < -0.39 is 9.84 Å². The van der Waals surface area contributed by atoms with E-state index in [4.69, 9.17) is 10.5 Å². The van der Waals surface area contributed by atoms with Crippen LogP contribution in [-0.4, -0.2) is 20.8 Å². The van der Waals surface area contributed by atoms with Gasteiger partial charge >= 0.3 is 0 Å². The van der Waals surface area contributed by atoms with Gasteiger partial charge in [0.15, 0.2) is 9.84 Å². The molecule has 0 aromatic heterocycles. The first kappa shape index (κ1) is 15.8. The van der Waals surface area contributed by atoms with Crippen molar-refractivity contribution in [2.75, 3.05) is 18.1 Å². The Morgan fingerprint density at radius 1 is 1.32 bits per heavy atom. The molecule has 0 aliphatic carbocycles. The molecule has 1 rings (SSSR count). The highest BCUT2D eigenvalue weighted by atomic mass is 32.2. The molecule has 2 N–H and O–H groups in total. The van der Waals surface area contributed by atoms with E-state index in [-0.39, 0.29) is 11.5 Å². The monoisotopic (exact) mass is 285 g/mol. The summed E-state index contributed by atoms with van der Waals surface area (Å²) in [5, 5.41) is 0. The minimum absolute atomic E-state index is 0.0138. The molecule has 0 atom stereocenters. The number of sulfone groups is 1. The van der Waals surface area contributed by atoms with Gasteiger partial charge in [-0.1, -0.05) is 13.8 Å². The van der Waals surface area contributed by atoms with Crippen molar-refractivity contribution < 1.29 is 13.2 Å². The van der Waals surface area contributed by atoms with Gasteiger partial charge in [-0.15, -0.1) is 0 Å². The Labute approximate surface area is 115 Å². The average Bonchev–Trinajstić information content (AvgIpc) is 2.30. The number of nitrogens with two attached hydrogens (primary N) is 1. The predicted molar refractivity (Wildman–Crippen MR) is 79.0 cm³/mol. The zero-order valence-electron chi connectivity index (χ0n) is 11.8. The molecule has 0 bridgehead atoms. The molecule has 0 saturated heterocycles. The molecule has 1 aromatic carbocycles. The molecule has 19 heavy (non-hydrogen) atoms. The van der Waals surface area contributed by atoms with Crippen LogP contribution in [0.1, 0.15) is 32.8 Å². The van der Waals surface area contributed by atoms with Gasteiger partial charge in [-0.05, 0) is 37.5 Å². The third-order valence-electron chi connectivity index (χ3n) is 2.77. The lowest BCUT2D eigenvalue weighted by molar-refractivity contribution is 0.337. The van der Waals surface area contributed by atoms with Gasteiger partial charge in [0.2, 0.25) is 0 Å². The highest BCUT2D eigenvalue weighted by molar-refractivity contribution is 7.90. The van der Waals surface area contributed by atoms with Crippen LogP contribution in [0.4, 0.5) is 5.69 Å². The lowest BCUT2D eigenvalue weighted by Crippen LogP contribution is -2.12. The molecule has 0 fully saturated rings. The maximum atomic E-state index is 12.1. The van der Waals surface area contributed by atoms with E-state index in [1.807, 2.05) is 20.8 Å². The number of anilines is 1. The van der Waals surface area contributed by atoms with Crippen LogP contribution in [0.2, 0.25) is 0 Å². The summed E-state index contributed by atoms with van der Waals surface area (Å²) < 4.78 is 29.6. The summed E-state index contributed by atoms with van der Waals surface area (Å²) in [5.74, 6) is 1.16. The molecule has 0 aliphatic rings. The van der Waals surface area contributed by atoms with Crippen molar-refractivity contribution in [3.05, 3.63) is 23.8 Å². The summed E-state index contributed by atoms with van der Waals surface area (Å²) in [6.45, 7) is 6.40. The standard InChI is InChI=1S/C14H23NO3S/c1-4-18-14-6-5-13(15)9-12(14)10-19(16,17)8-7-11(2)3/h5-6,9,11H,4,7-8,10,15H2,1-3H3. The van der Waals surface area contributed by atoms with E-state index >= 15 is 0 Å². The molecular formula is C14H23NO3S. The van der Waals surface area contributed by atoms with E-state index in [1.54, 1.807) is 18.2 Å². The maximum Gasteiger partial charge on any atom is 0.154 e. The summed E-state index contributed by atoms with van der Waals surface area (Å²) in [5.41, 5.74) is 6.91. The Kier molecular flexibility index (Phi) is 5.66. The van der Waals surface area contributed by atoms with Crippen molar-refractivity contribution in [1.82, 2.24) is 0 Å². The summed E-state index contributed by atoms with van der Waals surface area (Å²) in [4.78, 5) is 0. The number of nitrogen functional groups attached to an aromatic ring is 1. The van der Waals surface area contributed by atoms with E-state index in [9.17, 15) is 8.42 Å². The minimum Gasteiger partial charge on any atom is -0.494 e. The van der Waals surface area contributed by atoms with Crippen LogP contribution in [0.5, 0.6) is 5.75 Å². The van der Waals surface area contributed by atoms with Crippen molar-refractivity contribution >= 4 is 15.5 Å². The van der Waals surface area contributed by atoms with Crippen LogP contribution in [0.15, 0.2) is 18.2 Å². The summed E-state index contributed by atoms with van der Waals surface area (Å²) in [6.07, 6.45) is 0.675. The molecule has 0 heterocycles. The Morgan fingerprint density at radius 3 is 2.58 bits per heavy atom. The number of benzene rings is 1. The third kappa shape index (κ3) is 5.51. The Balaban J connectivity index is 2.88. The number of ether oxygens (including phenoxy) is 1. The van der Waals surface area contributed by atoms with Crippen molar-refractivity contribution in [1.29, 1.82) is 0 Å². The molecule has 5 heteroatoms. The first-order chi connectivity index (χ1) is 8.84. The van der Waals surface area contributed by atoms with E-state index in [0.717, 1.165) is 0 Å². The summed E-state index contributed by atoms with van der Waals surface area (Å²) in [7, 11) is -3.12.